The molecule has 0 rings (SSSR count). The molecule has 0 radical (unpaired) electrons. The predicted molar refractivity (Wildman–Crippen MR) is 48.7 cm³/mol. The van der Waals surface area contributed by atoms with Crippen LogP contribution in [0.15, 0.2) is 0 Å². The second-order valence-electron chi connectivity index (χ2n) is 3.25. The van der Waals surface area contributed by atoms with Crippen LogP contribution in [0.2, 0.25) is 0 Å². The van der Waals surface area contributed by atoms with Gasteiger partial charge in [-0.15, -0.1) is 0 Å². The normalized spacial score (nSPS) is 15.3. The van der Waals surface area contributed by atoms with Gasteiger partial charge in [0.15, 0.2) is 0 Å². The third-order valence-corrected chi connectivity index (χ3v) is 2.16. The van der Waals surface area contributed by atoms with E-state index in [1.54, 1.807) is 0 Å². The Morgan fingerprint density at radius 3 is 2.42 bits per heavy atom. The van der Waals surface area contributed by atoms with Gasteiger partial charge in [0.25, 0.3) is 0 Å². The second kappa shape index (κ2) is 5.14. The Labute approximate surface area is 74.3 Å². The zero-order valence-electron chi connectivity index (χ0n) is 8.22. The quantitative estimate of drug-likeness (QED) is 0.638. The number of carbonyl (C=O) groups is 1. The first-order valence-corrected chi connectivity index (χ1v) is 4.48. The lowest BCUT2D eigenvalue weighted by Gasteiger charge is -2.23. The Morgan fingerprint density at radius 1 is 1.50 bits per heavy atom. The van der Waals surface area contributed by atoms with Crippen molar-refractivity contribution in [2.75, 3.05) is 13.2 Å². The molecular weight excluding hydrogens is 154 g/mol. The number of esters is 1. The van der Waals surface area contributed by atoms with Crippen molar-refractivity contribution < 1.29 is 9.53 Å². The van der Waals surface area contributed by atoms with Gasteiger partial charge in [-0.3, -0.25) is 4.79 Å². The molecule has 0 aromatic rings. The summed E-state index contributed by atoms with van der Waals surface area (Å²) in [5, 5.41) is 0. The molecule has 1 unspecified atom stereocenters. The Hall–Kier alpha value is -0.570. The minimum absolute atomic E-state index is 0.172. The lowest BCUT2D eigenvalue weighted by molar-refractivity contribution is -0.154. The molecule has 0 aromatic heterocycles. The number of hydrogen-bond donors (Lipinski definition) is 1. The van der Waals surface area contributed by atoms with E-state index >= 15 is 0 Å². The molecule has 0 aromatic carbocycles. The van der Waals surface area contributed by atoms with Crippen molar-refractivity contribution in [1.82, 2.24) is 0 Å². The molecule has 0 aliphatic heterocycles. The fourth-order valence-corrected chi connectivity index (χ4v) is 0.741. The molecule has 0 spiro atoms. The van der Waals surface area contributed by atoms with E-state index in [9.17, 15) is 4.79 Å². The van der Waals surface area contributed by atoms with E-state index in [2.05, 4.69) is 0 Å². The number of nitrogens with two attached hydrogens (primary N) is 1. The average Bonchev–Trinajstić information content (AvgIpc) is 2.12. The largest absolute Gasteiger partial charge is 0.465 e. The highest BCUT2D eigenvalue weighted by atomic mass is 16.5. The topological polar surface area (TPSA) is 52.3 Å². The van der Waals surface area contributed by atoms with Crippen molar-refractivity contribution in [2.45, 2.75) is 33.6 Å². The Morgan fingerprint density at radius 2 is 2.08 bits per heavy atom. The van der Waals surface area contributed by atoms with Gasteiger partial charge in [-0.1, -0.05) is 13.8 Å². The van der Waals surface area contributed by atoms with Crippen LogP contribution < -0.4 is 5.73 Å². The zero-order chi connectivity index (χ0) is 9.61. The maximum atomic E-state index is 11.4. The van der Waals surface area contributed by atoms with Crippen LogP contribution in [-0.2, 0) is 9.53 Å². The fraction of sp³-hybridized carbons (Fsp3) is 0.889. The molecule has 0 heterocycles. The molecule has 0 saturated heterocycles. The lowest BCUT2D eigenvalue weighted by atomic mass is 9.88. The fourth-order valence-electron chi connectivity index (χ4n) is 0.741. The van der Waals surface area contributed by atoms with Gasteiger partial charge >= 0.3 is 5.97 Å². The van der Waals surface area contributed by atoms with Crippen LogP contribution in [0.5, 0.6) is 0 Å². The summed E-state index contributed by atoms with van der Waals surface area (Å²) in [5.41, 5.74) is 5.00. The molecule has 3 heteroatoms. The van der Waals surface area contributed by atoms with E-state index < -0.39 is 5.41 Å². The van der Waals surface area contributed by atoms with Gasteiger partial charge in [0.2, 0.25) is 0 Å². The first-order valence-electron chi connectivity index (χ1n) is 4.48. The van der Waals surface area contributed by atoms with Crippen LogP contribution in [-0.4, -0.2) is 19.1 Å². The van der Waals surface area contributed by atoms with Gasteiger partial charge in [-0.05, 0) is 19.8 Å². The average molecular weight is 173 g/mol. The number of hydrogen-bond acceptors (Lipinski definition) is 3. The molecule has 0 bridgehead atoms. The molecule has 0 amide bonds. The smallest absolute Gasteiger partial charge is 0.313 e. The van der Waals surface area contributed by atoms with Gasteiger partial charge in [0.1, 0.15) is 0 Å². The van der Waals surface area contributed by atoms with Crippen LogP contribution in [0.1, 0.15) is 33.6 Å². The molecule has 3 nitrogen and oxygen atoms in total. The van der Waals surface area contributed by atoms with Gasteiger partial charge in [-0.25, -0.2) is 0 Å². The van der Waals surface area contributed by atoms with E-state index in [1.165, 1.54) is 0 Å². The third kappa shape index (κ3) is 2.81. The van der Waals surface area contributed by atoms with Crippen molar-refractivity contribution in [3.63, 3.8) is 0 Å². The summed E-state index contributed by atoms with van der Waals surface area (Å²) in [6, 6.07) is 0. The molecule has 72 valence electrons. The zero-order valence-corrected chi connectivity index (χ0v) is 8.22. The maximum absolute atomic E-state index is 11.4. The van der Waals surface area contributed by atoms with Crippen LogP contribution in [0.25, 0.3) is 0 Å². The van der Waals surface area contributed by atoms with Crippen LogP contribution in [0.4, 0.5) is 0 Å². The molecule has 2 N–H and O–H groups in total. The maximum Gasteiger partial charge on any atom is 0.313 e. The van der Waals surface area contributed by atoms with Crippen molar-refractivity contribution in [1.29, 1.82) is 0 Å². The summed E-state index contributed by atoms with van der Waals surface area (Å²) in [6.07, 6.45) is 1.59. The van der Waals surface area contributed by atoms with Crippen molar-refractivity contribution >= 4 is 5.97 Å². The molecule has 0 fully saturated rings. The monoisotopic (exact) mass is 173 g/mol. The lowest BCUT2D eigenvalue weighted by Crippen LogP contribution is -2.36. The summed E-state index contributed by atoms with van der Waals surface area (Å²) in [7, 11) is 0. The van der Waals surface area contributed by atoms with Gasteiger partial charge in [-0.2, -0.15) is 0 Å². The van der Waals surface area contributed by atoms with Gasteiger partial charge in [0.05, 0.1) is 12.0 Å². The van der Waals surface area contributed by atoms with E-state index in [1.807, 2.05) is 20.8 Å². The van der Waals surface area contributed by atoms with E-state index in [0.29, 0.717) is 13.2 Å². The Bertz CT molecular complexity index is 141. The summed E-state index contributed by atoms with van der Waals surface area (Å²) in [6.45, 7) is 6.60. The van der Waals surface area contributed by atoms with Crippen molar-refractivity contribution in [3.8, 4) is 0 Å². The first-order chi connectivity index (χ1) is 5.60. The summed E-state index contributed by atoms with van der Waals surface area (Å²) < 4.78 is 5.02. The number of rotatable bonds is 5. The van der Waals surface area contributed by atoms with Gasteiger partial charge < -0.3 is 10.5 Å². The molecule has 12 heavy (non-hydrogen) atoms. The number of carbonyl (C=O) groups excluding carboxylic acids is 1. The van der Waals surface area contributed by atoms with E-state index in [4.69, 9.17) is 10.5 Å². The Balaban J connectivity index is 4.03. The molecule has 1 atom stereocenters. The third-order valence-electron chi connectivity index (χ3n) is 2.16. The summed E-state index contributed by atoms with van der Waals surface area (Å²) in [5.74, 6) is -0.172. The molecule has 0 saturated carbocycles. The van der Waals surface area contributed by atoms with Gasteiger partial charge in [0, 0.05) is 6.54 Å². The second-order valence-corrected chi connectivity index (χ2v) is 3.25. The minimum Gasteiger partial charge on any atom is -0.465 e. The van der Waals surface area contributed by atoms with Crippen molar-refractivity contribution in [2.24, 2.45) is 11.1 Å². The molecule has 0 aliphatic rings. The van der Waals surface area contributed by atoms with Crippen LogP contribution in [0, 0.1) is 5.41 Å². The Kier molecular flexibility index (Phi) is 4.90. The van der Waals surface area contributed by atoms with E-state index in [0.717, 1.165) is 12.8 Å². The van der Waals surface area contributed by atoms with Crippen molar-refractivity contribution in [3.05, 3.63) is 0 Å². The summed E-state index contributed by atoms with van der Waals surface area (Å²) >= 11 is 0. The van der Waals surface area contributed by atoms with Crippen LogP contribution >= 0.6 is 0 Å². The predicted octanol–water partition coefficient (Wildman–Crippen LogP) is 1.31. The summed E-state index contributed by atoms with van der Waals surface area (Å²) in [4.78, 5) is 11.4. The molecule has 0 aliphatic carbocycles. The first kappa shape index (κ1) is 11.4. The minimum atomic E-state index is -0.491. The van der Waals surface area contributed by atoms with E-state index in [-0.39, 0.29) is 5.97 Å². The molecular formula is C9H19NO2. The highest BCUT2D eigenvalue weighted by molar-refractivity contribution is 5.76. The highest BCUT2D eigenvalue weighted by Crippen LogP contribution is 2.20. The standard InChI is InChI=1S/C9H19NO2/c1-4-6-12-8(11)9(3,5-2)7-10/h4-7,10H2,1-3H3. The highest BCUT2D eigenvalue weighted by Gasteiger charge is 2.30. The SMILES string of the molecule is CCCOC(=O)C(C)(CC)CN. The van der Waals surface area contributed by atoms with Crippen LogP contribution in [0.3, 0.4) is 0 Å². The number of ether oxygens (including phenoxy) is 1.